The van der Waals surface area contributed by atoms with Crippen LogP contribution in [0.5, 0.6) is 0 Å². The normalized spacial score (nSPS) is 18.1. The van der Waals surface area contributed by atoms with Gasteiger partial charge < -0.3 is 15.7 Å². The molecule has 110 valence electrons. The Bertz CT molecular complexity index is 438. The molecular weight excluding hydrogens is 252 g/mol. The molecule has 4 nitrogen and oxygen atoms in total. The van der Waals surface area contributed by atoms with Crippen LogP contribution in [0.2, 0.25) is 0 Å². The second-order valence-corrected chi connectivity index (χ2v) is 5.59. The summed E-state index contributed by atoms with van der Waals surface area (Å²) in [4.78, 5) is 12.0. The van der Waals surface area contributed by atoms with E-state index >= 15 is 0 Å². The highest BCUT2D eigenvalue weighted by atomic mass is 16.3. The van der Waals surface area contributed by atoms with E-state index in [4.69, 9.17) is 0 Å². The van der Waals surface area contributed by atoms with Crippen molar-refractivity contribution in [3.05, 3.63) is 29.8 Å². The number of hydrogen-bond donors (Lipinski definition) is 3. The third-order valence-corrected chi connectivity index (χ3v) is 3.82. The highest BCUT2D eigenvalue weighted by Crippen LogP contribution is 2.19. The minimum Gasteiger partial charge on any atom is -0.389 e. The van der Waals surface area contributed by atoms with E-state index in [1.807, 2.05) is 18.2 Å². The Morgan fingerprint density at radius 2 is 1.95 bits per heavy atom. The van der Waals surface area contributed by atoms with E-state index in [1.54, 1.807) is 13.0 Å². The lowest BCUT2D eigenvalue weighted by Gasteiger charge is -2.17. The third-order valence-electron chi connectivity index (χ3n) is 3.82. The van der Waals surface area contributed by atoms with Gasteiger partial charge in [-0.2, -0.15) is 0 Å². The number of carbonyl (C=O) groups is 1. The molecule has 2 amide bonds. The predicted octanol–water partition coefficient (Wildman–Crippen LogP) is 3.58. The van der Waals surface area contributed by atoms with Crippen molar-refractivity contribution in [1.82, 2.24) is 5.32 Å². The van der Waals surface area contributed by atoms with Gasteiger partial charge in [0, 0.05) is 11.7 Å². The Morgan fingerprint density at radius 3 is 2.60 bits per heavy atom. The van der Waals surface area contributed by atoms with Crippen LogP contribution in [0, 0.1) is 0 Å². The highest BCUT2D eigenvalue weighted by Gasteiger charge is 2.14. The molecular formula is C16H24N2O2. The fourth-order valence-electron chi connectivity index (χ4n) is 2.65. The molecule has 1 fully saturated rings. The number of carbonyl (C=O) groups excluding carboxylic acids is 1. The highest BCUT2D eigenvalue weighted by molar-refractivity contribution is 5.89. The molecule has 0 saturated heterocycles. The Morgan fingerprint density at radius 1 is 1.25 bits per heavy atom. The molecule has 0 radical (unpaired) electrons. The molecule has 0 bridgehead atoms. The number of amides is 2. The topological polar surface area (TPSA) is 61.4 Å². The Hall–Kier alpha value is -1.55. The lowest BCUT2D eigenvalue weighted by atomic mass is 10.1. The first-order valence-electron chi connectivity index (χ1n) is 7.50. The van der Waals surface area contributed by atoms with E-state index in [0.29, 0.717) is 0 Å². The molecule has 3 N–H and O–H groups in total. The number of nitrogens with one attached hydrogen (secondary N) is 2. The zero-order valence-electron chi connectivity index (χ0n) is 12.1. The molecule has 0 aliphatic heterocycles. The van der Waals surface area contributed by atoms with E-state index in [9.17, 15) is 9.90 Å². The summed E-state index contributed by atoms with van der Waals surface area (Å²) in [6.45, 7) is 1.71. The maximum absolute atomic E-state index is 12.0. The van der Waals surface area contributed by atoms with Crippen molar-refractivity contribution in [2.45, 2.75) is 57.6 Å². The van der Waals surface area contributed by atoms with Crippen molar-refractivity contribution in [1.29, 1.82) is 0 Å². The van der Waals surface area contributed by atoms with Gasteiger partial charge in [0.15, 0.2) is 0 Å². The summed E-state index contributed by atoms with van der Waals surface area (Å²) in [5.74, 6) is 0. The van der Waals surface area contributed by atoms with Gasteiger partial charge >= 0.3 is 6.03 Å². The van der Waals surface area contributed by atoms with Crippen LogP contribution >= 0.6 is 0 Å². The molecule has 1 aliphatic rings. The average Bonchev–Trinajstić information content (AvgIpc) is 2.67. The number of rotatable bonds is 3. The van der Waals surface area contributed by atoms with E-state index < -0.39 is 6.10 Å². The molecule has 4 heteroatoms. The van der Waals surface area contributed by atoms with Crippen LogP contribution in [-0.4, -0.2) is 17.2 Å². The second kappa shape index (κ2) is 7.29. The third kappa shape index (κ3) is 4.53. The van der Waals surface area contributed by atoms with Crippen molar-refractivity contribution in [2.24, 2.45) is 0 Å². The van der Waals surface area contributed by atoms with E-state index in [-0.39, 0.29) is 12.1 Å². The number of aliphatic hydroxyl groups excluding tert-OH is 1. The summed E-state index contributed by atoms with van der Waals surface area (Å²) in [5, 5.41) is 15.4. The fraction of sp³-hybridized carbons (Fsp3) is 0.562. The molecule has 1 atom stereocenters. The number of benzene rings is 1. The number of urea groups is 1. The first-order chi connectivity index (χ1) is 9.65. The summed E-state index contributed by atoms with van der Waals surface area (Å²) < 4.78 is 0. The molecule has 0 aromatic heterocycles. The van der Waals surface area contributed by atoms with E-state index in [1.165, 1.54) is 25.7 Å². The summed E-state index contributed by atoms with van der Waals surface area (Å²) in [7, 11) is 0. The molecule has 1 aromatic carbocycles. The number of aliphatic hydroxyl groups is 1. The number of anilines is 1. The van der Waals surface area contributed by atoms with Crippen molar-refractivity contribution >= 4 is 11.7 Å². The van der Waals surface area contributed by atoms with Crippen LogP contribution < -0.4 is 10.6 Å². The summed E-state index contributed by atoms with van der Waals surface area (Å²) in [6.07, 6.45) is 6.56. The van der Waals surface area contributed by atoms with Crippen LogP contribution in [0.25, 0.3) is 0 Å². The van der Waals surface area contributed by atoms with Crippen LogP contribution in [0.15, 0.2) is 24.3 Å². The fourth-order valence-corrected chi connectivity index (χ4v) is 2.65. The van der Waals surface area contributed by atoms with Crippen molar-refractivity contribution in [3.63, 3.8) is 0 Å². The molecule has 20 heavy (non-hydrogen) atoms. The summed E-state index contributed by atoms with van der Waals surface area (Å²) >= 11 is 0. The quantitative estimate of drug-likeness (QED) is 0.739. The van der Waals surface area contributed by atoms with E-state index in [2.05, 4.69) is 10.6 Å². The predicted molar refractivity (Wildman–Crippen MR) is 80.7 cm³/mol. The molecule has 0 heterocycles. The lowest BCUT2D eigenvalue weighted by molar-refractivity contribution is 0.199. The first kappa shape index (κ1) is 14.9. The zero-order chi connectivity index (χ0) is 14.4. The van der Waals surface area contributed by atoms with Gasteiger partial charge in [0.25, 0.3) is 0 Å². The van der Waals surface area contributed by atoms with Gasteiger partial charge in [0.1, 0.15) is 0 Å². The molecule has 0 spiro atoms. The Balaban J connectivity index is 1.88. The smallest absolute Gasteiger partial charge is 0.319 e. The monoisotopic (exact) mass is 276 g/mol. The summed E-state index contributed by atoms with van der Waals surface area (Å²) in [5.41, 5.74) is 1.52. The minimum atomic E-state index is -0.526. The average molecular weight is 276 g/mol. The Labute approximate surface area is 120 Å². The largest absolute Gasteiger partial charge is 0.389 e. The van der Waals surface area contributed by atoms with Gasteiger partial charge in [-0.3, -0.25) is 0 Å². The van der Waals surface area contributed by atoms with Crippen LogP contribution in [0.3, 0.4) is 0 Å². The number of hydrogen-bond acceptors (Lipinski definition) is 2. The van der Waals surface area contributed by atoms with Crippen molar-refractivity contribution in [3.8, 4) is 0 Å². The van der Waals surface area contributed by atoms with Crippen LogP contribution in [0.1, 0.15) is 57.1 Å². The molecule has 1 saturated carbocycles. The molecule has 1 aromatic rings. The van der Waals surface area contributed by atoms with Gasteiger partial charge in [-0.15, -0.1) is 0 Å². The minimum absolute atomic E-state index is 0.153. The SMILES string of the molecule is CC(O)c1cccc(NC(=O)NC2CCCCCC2)c1. The van der Waals surface area contributed by atoms with Crippen molar-refractivity contribution < 1.29 is 9.90 Å². The second-order valence-electron chi connectivity index (χ2n) is 5.59. The molecule has 1 aliphatic carbocycles. The first-order valence-corrected chi connectivity index (χ1v) is 7.50. The maximum atomic E-state index is 12.0. The zero-order valence-corrected chi connectivity index (χ0v) is 12.1. The Kier molecular flexibility index (Phi) is 5.41. The van der Waals surface area contributed by atoms with Gasteiger partial charge in [-0.1, -0.05) is 37.8 Å². The van der Waals surface area contributed by atoms with Gasteiger partial charge in [0.2, 0.25) is 0 Å². The lowest BCUT2D eigenvalue weighted by Crippen LogP contribution is -2.37. The van der Waals surface area contributed by atoms with Gasteiger partial charge in [-0.05, 0) is 37.5 Å². The maximum Gasteiger partial charge on any atom is 0.319 e. The standard InChI is InChI=1S/C16H24N2O2/c1-12(19)13-7-6-10-15(11-13)18-16(20)17-14-8-4-2-3-5-9-14/h6-7,10-12,14,19H,2-5,8-9H2,1H3,(H2,17,18,20). The van der Waals surface area contributed by atoms with Crippen LogP contribution in [0.4, 0.5) is 10.5 Å². The van der Waals surface area contributed by atoms with Gasteiger partial charge in [-0.25, -0.2) is 4.79 Å². The van der Waals surface area contributed by atoms with E-state index in [0.717, 1.165) is 24.1 Å². The van der Waals surface area contributed by atoms with Crippen LogP contribution in [-0.2, 0) is 0 Å². The molecule has 2 rings (SSSR count). The summed E-state index contributed by atoms with van der Waals surface area (Å²) in [6, 6.07) is 7.45. The molecule has 1 unspecified atom stereocenters. The van der Waals surface area contributed by atoms with Crippen molar-refractivity contribution in [2.75, 3.05) is 5.32 Å². The van der Waals surface area contributed by atoms with Gasteiger partial charge in [0.05, 0.1) is 6.10 Å².